The van der Waals surface area contributed by atoms with Gasteiger partial charge in [-0.05, 0) is 49.4 Å². The quantitative estimate of drug-likeness (QED) is 0.542. The van der Waals surface area contributed by atoms with E-state index >= 15 is 0 Å². The van der Waals surface area contributed by atoms with Gasteiger partial charge in [-0.2, -0.15) is 0 Å². The van der Waals surface area contributed by atoms with Crippen LogP contribution in [0.3, 0.4) is 0 Å². The van der Waals surface area contributed by atoms with E-state index in [4.69, 9.17) is 0 Å². The zero-order chi connectivity index (χ0) is 24.6. The van der Waals surface area contributed by atoms with Crippen LogP contribution in [-0.4, -0.2) is 51.0 Å². The fraction of sp³-hybridized carbons (Fsp3) is 0.440. The molecule has 0 bridgehead atoms. The summed E-state index contributed by atoms with van der Waals surface area (Å²) in [5.41, 5.74) is 3.46. The second-order valence-corrected chi connectivity index (χ2v) is 10.1. The topological polar surface area (TPSA) is 86.8 Å². The summed E-state index contributed by atoms with van der Waals surface area (Å²) in [7, 11) is -1.96. The molecule has 1 N–H and O–H groups in total. The molecule has 0 aliphatic heterocycles. The molecule has 0 heterocycles. The molecule has 33 heavy (non-hydrogen) atoms. The van der Waals surface area contributed by atoms with Gasteiger partial charge in [0.2, 0.25) is 21.8 Å². The molecule has 0 aliphatic carbocycles. The van der Waals surface area contributed by atoms with Gasteiger partial charge in [0.1, 0.15) is 6.04 Å². The fourth-order valence-electron chi connectivity index (χ4n) is 3.85. The standard InChI is InChI=1S/C25H35N3O4S/c1-6-22(25(30)26-4)27(18-21-13-8-7-9-14-21)24(29)16-11-17-28(33(5,31)32)23-15-10-12-19(2)20(23)3/h7-10,12-15,22H,6,11,16-18H2,1-5H3,(H,26,30). The number of benzene rings is 2. The van der Waals surface area contributed by atoms with Crippen molar-refractivity contribution in [2.24, 2.45) is 0 Å². The highest BCUT2D eigenvalue weighted by molar-refractivity contribution is 7.92. The average molecular weight is 474 g/mol. The van der Waals surface area contributed by atoms with Gasteiger partial charge >= 0.3 is 0 Å². The van der Waals surface area contributed by atoms with Gasteiger partial charge in [0.25, 0.3) is 0 Å². The molecule has 0 spiro atoms. The van der Waals surface area contributed by atoms with Crippen LogP contribution in [-0.2, 0) is 26.2 Å². The summed E-state index contributed by atoms with van der Waals surface area (Å²) in [6.45, 7) is 6.21. The molecule has 0 aliphatic rings. The van der Waals surface area contributed by atoms with Gasteiger partial charge in [0.05, 0.1) is 11.9 Å². The smallest absolute Gasteiger partial charge is 0.242 e. The molecule has 180 valence electrons. The Morgan fingerprint density at radius 3 is 2.27 bits per heavy atom. The molecule has 2 amide bonds. The normalized spacial score (nSPS) is 12.2. The van der Waals surface area contributed by atoms with Crippen molar-refractivity contribution >= 4 is 27.5 Å². The number of carbonyl (C=O) groups is 2. The van der Waals surface area contributed by atoms with Crippen molar-refractivity contribution in [2.45, 2.75) is 52.6 Å². The second kappa shape index (κ2) is 11.8. The Bertz CT molecular complexity index is 1050. The van der Waals surface area contributed by atoms with E-state index in [1.165, 1.54) is 10.6 Å². The number of anilines is 1. The summed E-state index contributed by atoms with van der Waals surface area (Å²) >= 11 is 0. The van der Waals surface area contributed by atoms with Crippen molar-refractivity contribution in [3.63, 3.8) is 0 Å². The number of sulfonamides is 1. The Morgan fingerprint density at radius 1 is 1.03 bits per heavy atom. The van der Waals surface area contributed by atoms with E-state index in [-0.39, 0.29) is 24.8 Å². The molecular formula is C25H35N3O4S. The van der Waals surface area contributed by atoms with Gasteiger partial charge in [0.15, 0.2) is 0 Å². The molecule has 2 aromatic carbocycles. The molecule has 1 atom stereocenters. The number of rotatable bonds is 11. The highest BCUT2D eigenvalue weighted by Gasteiger charge is 2.28. The number of nitrogens with zero attached hydrogens (tertiary/aromatic N) is 2. The molecule has 8 heteroatoms. The van der Waals surface area contributed by atoms with Crippen LogP contribution in [0.1, 0.15) is 42.9 Å². The molecule has 0 saturated carbocycles. The van der Waals surface area contributed by atoms with E-state index in [2.05, 4.69) is 5.32 Å². The van der Waals surface area contributed by atoms with Gasteiger partial charge in [-0.3, -0.25) is 13.9 Å². The highest BCUT2D eigenvalue weighted by Crippen LogP contribution is 2.25. The maximum Gasteiger partial charge on any atom is 0.242 e. The first-order valence-electron chi connectivity index (χ1n) is 11.2. The predicted octanol–water partition coefficient (Wildman–Crippen LogP) is 3.40. The molecule has 0 radical (unpaired) electrons. The lowest BCUT2D eigenvalue weighted by molar-refractivity contribution is -0.141. The van der Waals surface area contributed by atoms with Crippen molar-refractivity contribution < 1.29 is 18.0 Å². The lowest BCUT2D eigenvalue weighted by Crippen LogP contribution is -2.48. The van der Waals surface area contributed by atoms with Crippen LogP contribution in [0.15, 0.2) is 48.5 Å². The van der Waals surface area contributed by atoms with Gasteiger partial charge in [-0.15, -0.1) is 0 Å². The van der Waals surface area contributed by atoms with Crippen molar-refractivity contribution in [2.75, 3.05) is 24.2 Å². The minimum atomic E-state index is -3.52. The summed E-state index contributed by atoms with van der Waals surface area (Å²) in [5, 5.41) is 2.64. The summed E-state index contributed by atoms with van der Waals surface area (Å²) in [5.74, 6) is -0.390. The third-order valence-electron chi connectivity index (χ3n) is 5.82. The summed E-state index contributed by atoms with van der Waals surface area (Å²) in [6, 6.07) is 14.5. The molecule has 0 fully saturated rings. The van der Waals surface area contributed by atoms with Crippen LogP contribution < -0.4 is 9.62 Å². The lowest BCUT2D eigenvalue weighted by atomic mass is 10.1. The van der Waals surface area contributed by atoms with Crippen LogP contribution in [0, 0.1) is 13.8 Å². The zero-order valence-corrected chi connectivity index (χ0v) is 21.0. The number of hydrogen-bond donors (Lipinski definition) is 1. The van der Waals surface area contributed by atoms with Gasteiger partial charge in [0, 0.05) is 26.6 Å². The van der Waals surface area contributed by atoms with E-state index in [0.717, 1.165) is 16.7 Å². The Kier molecular flexibility index (Phi) is 9.46. The first-order chi connectivity index (χ1) is 15.6. The number of likely N-dealkylation sites (N-methyl/N-ethyl adjacent to an activating group) is 1. The van der Waals surface area contributed by atoms with Crippen molar-refractivity contribution in [1.82, 2.24) is 10.2 Å². The lowest BCUT2D eigenvalue weighted by Gasteiger charge is -2.31. The molecule has 0 saturated heterocycles. The van der Waals surface area contributed by atoms with Crippen LogP contribution >= 0.6 is 0 Å². The summed E-state index contributed by atoms with van der Waals surface area (Å²) in [4.78, 5) is 27.3. The maximum absolute atomic E-state index is 13.2. The first kappa shape index (κ1) is 26.4. The largest absolute Gasteiger partial charge is 0.357 e. The van der Waals surface area contributed by atoms with Gasteiger partial charge in [-0.1, -0.05) is 49.4 Å². The fourth-order valence-corrected chi connectivity index (χ4v) is 4.87. The Labute approximate surface area is 197 Å². The van der Waals surface area contributed by atoms with E-state index < -0.39 is 16.1 Å². The minimum Gasteiger partial charge on any atom is -0.357 e. The van der Waals surface area contributed by atoms with E-state index in [1.54, 1.807) is 18.0 Å². The molecule has 2 rings (SSSR count). The number of aryl methyl sites for hydroxylation is 1. The third-order valence-corrected chi connectivity index (χ3v) is 7.00. The van der Waals surface area contributed by atoms with E-state index in [1.807, 2.05) is 63.2 Å². The molecule has 7 nitrogen and oxygen atoms in total. The molecule has 2 aromatic rings. The predicted molar refractivity (Wildman–Crippen MR) is 132 cm³/mol. The van der Waals surface area contributed by atoms with Crippen molar-refractivity contribution in [1.29, 1.82) is 0 Å². The van der Waals surface area contributed by atoms with Crippen LogP contribution in [0.4, 0.5) is 5.69 Å². The van der Waals surface area contributed by atoms with Crippen LogP contribution in [0.2, 0.25) is 0 Å². The Morgan fingerprint density at radius 2 is 1.70 bits per heavy atom. The van der Waals surface area contributed by atoms with Crippen LogP contribution in [0.25, 0.3) is 0 Å². The van der Waals surface area contributed by atoms with Gasteiger partial charge in [-0.25, -0.2) is 8.42 Å². The SMILES string of the molecule is CCC(C(=O)NC)N(Cc1ccccc1)C(=O)CCCN(c1cccc(C)c1C)S(C)(=O)=O. The Balaban J connectivity index is 2.20. The van der Waals surface area contributed by atoms with Crippen LogP contribution in [0.5, 0.6) is 0 Å². The minimum absolute atomic E-state index is 0.136. The van der Waals surface area contributed by atoms with Crippen molar-refractivity contribution in [3.8, 4) is 0 Å². The second-order valence-electron chi connectivity index (χ2n) is 8.20. The van der Waals surface area contributed by atoms with Crippen molar-refractivity contribution in [3.05, 3.63) is 65.2 Å². The monoisotopic (exact) mass is 473 g/mol. The van der Waals surface area contributed by atoms with E-state index in [0.29, 0.717) is 25.1 Å². The number of hydrogen-bond acceptors (Lipinski definition) is 4. The molecular weight excluding hydrogens is 438 g/mol. The zero-order valence-electron chi connectivity index (χ0n) is 20.2. The molecule has 1 unspecified atom stereocenters. The third kappa shape index (κ3) is 7.05. The molecule has 0 aromatic heterocycles. The average Bonchev–Trinajstić information content (AvgIpc) is 2.78. The number of amides is 2. The van der Waals surface area contributed by atoms with E-state index in [9.17, 15) is 18.0 Å². The summed E-state index contributed by atoms with van der Waals surface area (Å²) in [6.07, 6.45) is 2.14. The number of carbonyl (C=O) groups excluding carboxylic acids is 2. The summed E-state index contributed by atoms with van der Waals surface area (Å²) < 4.78 is 26.4. The maximum atomic E-state index is 13.2. The first-order valence-corrected chi connectivity index (χ1v) is 13.0. The number of nitrogens with one attached hydrogen (secondary N) is 1. The van der Waals surface area contributed by atoms with Gasteiger partial charge < -0.3 is 10.2 Å². The Hall–Kier alpha value is -2.87. The highest BCUT2D eigenvalue weighted by atomic mass is 32.2.